The summed E-state index contributed by atoms with van der Waals surface area (Å²) in [5, 5.41) is 15.4. The van der Waals surface area contributed by atoms with E-state index in [9.17, 15) is 14.7 Å². The number of hydrogen-bond acceptors (Lipinski definition) is 6. The number of nitrogens with one attached hydrogen (secondary N) is 2. The van der Waals surface area contributed by atoms with Crippen molar-refractivity contribution in [3.8, 4) is 5.75 Å². The number of carboxylic acid groups (broad SMARTS) is 1. The minimum Gasteiger partial charge on any atom is -0.497 e. The molecule has 0 bridgehead atoms. The number of methoxy groups -OCH3 is 1. The number of alkyl carbamates (subject to hydrolysis) is 1. The lowest BCUT2D eigenvalue weighted by Crippen LogP contribution is -2.44. The van der Waals surface area contributed by atoms with Crippen LogP contribution in [0.1, 0.15) is 90.5 Å². The zero-order valence-corrected chi connectivity index (χ0v) is 23.3. The Kier molecular flexibility index (Phi) is 13.5. The first kappa shape index (κ1) is 30.3. The van der Waals surface area contributed by atoms with Crippen LogP contribution < -0.4 is 15.4 Å². The number of carbonyl (C=O) groups excluding carboxylic acids is 1. The molecule has 1 unspecified atom stereocenters. The Bertz CT molecular complexity index is 753. The third-order valence-corrected chi connectivity index (χ3v) is 7.49. The highest BCUT2D eigenvalue weighted by atomic mass is 32.2. The van der Waals surface area contributed by atoms with Gasteiger partial charge in [-0.25, -0.2) is 9.59 Å². The Morgan fingerprint density at radius 1 is 0.972 bits per heavy atom. The van der Waals surface area contributed by atoms with Crippen molar-refractivity contribution < 1.29 is 24.2 Å². The summed E-state index contributed by atoms with van der Waals surface area (Å²) in [6, 6.07) is 8.29. The molecule has 2 saturated carbocycles. The van der Waals surface area contributed by atoms with Gasteiger partial charge in [0.2, 0.25) is 0 Å². The van der Waals surface area contributed by atoms with Gasteiger partial charge in [0.05, 0.1) is 7.11 Å². The van der Waals surface area contributed by atoms with Crippen molar-refractivity contribution in [2.24, 2.45) is 0 Å². The van der Waals surface area contributed by atoms with Gasteiger partial charge >= 0.3 is 12.1 Å². The maximum Gasteiger partial charge on any atom is 0.408 e. The van der Waals surface area contributed by atoms with E-state index in [0.29, 0.717) is 5.75 Å². The molecule has 0 radical (unpaired) electrons. The van der Waals surface area contributed by atoms with Crippen molar-refractivity contribution >= 4 is 23.8 Å². The molecule has 8 heteroatoms. The summed E-state index contributed by atoms with van der Waals surface area (Å²) in [6.45, 7) is 5.17. The van der Waals surface area contributed by atoms with E-state index < -0.39 is 23.7 Å². The van der Waals surface area contributed by atoms with Gasteiger partial charge in [0.15, 0.2) is 0 Å². The number of carbonyl (C=O) groups is 2. The van der Waals surface area contributed by atoms with E-state index in [1.165, 1.54) is 76.0 Å². The lowest BCUT2D eigenvalue weighted by Gasteiger charge is -2.30. The second-order valence-corrected chi connectivity index (χ2v) is 11.8. The van der Waals surface area contributed by atoms with Gasteiger partial charge in [0.1, 0.15) is 17.4 Å². The highest BCUT2D eigenvalue weighted by Gasteiger charge is 2.24. The molecule has 204 valence electrons. The predicted octanol–water partition coefficient (Wildman–Crippen LogP) is 6.15. The van der Waals surface area contributed by atoms with E-state index in [0.717, 1.165) is 23.4 Å². The average Bonchev–Trinajstić information content (AvgIpc) is 2.84. The third kappa shape index (κ3) is 12.9. The first-order chi connectivity index (χ1) is 17.2. The monoisotopic (exact) mass is 522 g/mol. The molecule has 0 aliphatic heterocycles. The van der Waals surface area contributed by atoms with Crippen molar-refractivity contribution in [2.75, 3.05) is 12.9 Å². The number of ether oxygens (including phenoxy) is 2. The van der Waals surface area contributed by atoms with Crippen LogP contribution in [0.2, 0.25) is 0 Å². The molecule has 3 N–H and O–H groups in total. The van der Waals surface area contributed by atoms with Gasteiger partial charge in [-0.05, 0) is 64.2 Å². The largest absolute Gasteiger partial charge is 0.497 e. The number of rotatable bonds is 9. The molecule has 2 fully saturated rings. The Morgan fingerprint density at radius 3 is 1.94 bits per heavy atom. The van der Waals surface area contributed by atoms with Gasteiger partial charge in [0.25, 0.3) is 0 Å². The molecule has 7 nitrogen and oxygen atoms in total. The van der Waals surface area contributed by atoms with Crippen LogP contribution in [0, 0.1) is 0 Å². The lowest BCUT2D eigenvalue weighted by molar-refractivity contribution is -0.138. The van der Waals surface area contributed by atoms with Gasteiger partial charge in [-0.2, -0.15) is 11.8 Å². The zero-order valence-electron chi connectivity index (χ0n) is 22.5. The number of amides is 1. The number of thioether (sulfide) groups is 1. The first-order valence-corrected chi connectivity index (χ1v) is 14.5. The number of aliphatic carboxylic acids is 1. The molecule has 1 aromatic carbocycles. The maximum absolute atomic E-state index is 11.7. The zero-order chi connectivity index (χ0) is 26.4. The molecule has 0 saturated heterocycles. The quantitative estimate of drug-likeness (QED) is 0.358. The van der Waals surface area contributed by atoms with Crippen LogP contribution in [0.15, 0.2) is 24.3 Å². The van der Waals surface area contributed by atoms with Crippen molar-refractivity contribution in [3.63, 3.8) is 0 Å². The highest BCUT2D eigenvalue weighted by molar-refractivity contribution is 7.98. The van der Waals surface area contributed by atoms with E-state index in [4.69, 9.17) is 9.47 Å². The molecule has 0 heterocycles. The molecular formula is C28H46N2O5S. The molecule has 1 amide bonds. The SMILES string of the molecule is C1CCC(NC2CCCCC2)CC1.COc1ccc(CSCC(NC(=O)OC(C)(C)C)C(=O)O)cc1. The fourth-order valence-corrected chi connectivity index (χ4v) is 5.52. The number of carboxylic acids is 1. The third-order valence-electron chi connectivity index (χ3n) is 6.38. The van der Waals surface area contributed by atoms with Crippen molar-refractivity contribution in [3.05, 3.63) is 29.8 Å². The second-order valence-electron chi connectivity index (χ2n) is 10.7. The summed E-state index contributed by atoms with van der Waals surface area (Å²) in [6.07, 6.45) is 13.8. The highest BCUT2D eigenvalue weighted by Crippen LogP contribution is 2.22. The maximum atomic E-state index is 11.7. The summed E-state index contributed by atoms with van der Waals surface area (Å²) in [7, 11) is 1.60. The van der Waals surface area contributed by atoms with Crippen molar-refractivity contribution in [1.82, 2.24) is 10.6 Å². The summed E-state index contributed by atoms with van der Waals surface area (Å²) in [4.78, 5) is 22.9. The lowest BCUT2D eigenvalue weighted by atomic mass is 9.91. The minimum absolute atomic E-state index is 0.251. The van der Waals surface area contributed by atoms with E-state index in [1.54, 1.807) is 27.9 Å². The predicted molar refractivity (Wildman–Crippen MR) is 147 cm³/mol. The summed E-state index contributed by atoms with van der Waals surface area (Å²) >= 11 is 1.42. The van der Waals surface area contributed by atoms with Crippen molar-refractivity contribution in [1.29, 1.82) is 0 Å². The van der Waals surface area contributed by atoms with Crippen LogP contribution in [-0.4, -0.2) is 53.8 Å². The van der Waals surface area contributed by atoms with Crippen LogP contribution in [0.25, 0.3) is 0 Å². The Labute approximate surface area is 221 Å². The van der Waals surface area contributed by atoms with Gasteiger partial charge in [-0.1, -0.05) is 50.7 Å². The second kappa shape index (κ2) is 16.0. The normalized spacial score (nSPS) is 17.9. The van der Waals surface area contributed by atoms with Crippen LogP contribution in [0.4, 0.5) is 4.79 Å². The Hall–Kier alpha value is -1.93. The number of benzene rings is 1. The molecule has 36 heavy (non-hydrogen) atoms. The Balaban J connectivity index is 0.000000293. The number of hydrogen-bond donors (Lipinski definition) is 3. The van der Waals surface area contributed by atoms with Crippen molar-refractivity contribution in [2.45, 2.75) is 114 Å². The van der Waals surface area contributed by atoms with Gasteiger partial charge < -0.3 is 25.2 Å². The standard InChI is InChI=1S/C16H23NO5S.C12H23N/c1-16(2,3)22-15(20)17-13(14(18)19)10-23-9-11-5-7-12(21-4)8-6-11;1-3-7-11(8-4-1)13-12-9-5-2-6-10-12/h5-8,13H,9-10H2,1-4H3,(H,17,20)(H,18,19);11-13H,1-10H2. The summed E-state index contributed by atoms with van der Waals surface area (Å²) < 4.78 is 10.2. The van der Waals surface area contributed by atoms with Gasteiger partial charge in [-0.3, -0.25) is 0 Å². The minimum atomic E-state index is -1.09. The van der Waals surface area contributed by atoms with Crippen LogP contribution in [-0.2, 0) is 15.3 Å². The fraction of sp³-hybridized carbons (Fsp3) is 0.714. The smallest absolute Gasteiger partial charge is 0.408 e. The summed E-state index contributed by atoms with van der Waals surface area (Å²) in [5.41, 5.74) is 0.390. The van der Waals surface area contributed by atoms with E-state index in [1.807, 2.05) is 24.3 Å². The van der Waals surface area contributed by atoms with Gasteiger partial charge in [-0.15, -0.1) is 0 Å². The average molecular weight is 523 g/mol. The van der Waals surface area contributed by atoms with Gasteiger partial charge in [0, 0.05) is 23.6 Å². The fourth-order valence-electron chi connectivity index (χ4n) is 4.51. The summed E-state index contributed by atoms with van der Waals surface area (Å²) in [5.74, 6) is 0.580. The molecule has 2 aliphatic carbocycles. The molecule has 1 aromatic rings. The van der Waals surface area contributed by atoms with Crippen LogP contribution in [0.3, 0.4) is 0 Å². The first-order valence-electron chi connectivity index (χ1n) is 13.4. The molecule has 2 aliphatic rings. The van der Waals surface area contributed by atoms with E-state index in [2.05, 4.69) is 10.6 Å². The molecule has 1 atom stereocenters. The topological polar surface area (TPSA) is 96.9 Å². The van der Waals surface area contributed by atoms with Crippen LogP contribution in [0.5, 0.6) is 5.75 Å². The van der Waals surface area contributed by atoms with E-state index >= 15 is 0 Å². The Morgan fingerprint density at radius 2 is 1.50 bits per heavy atom. The molecule has 3 rings (SSSR count). The van der Waals surface area contributed by atoms with E-state index in [-0.39, 0.29) is 5.75 Å². The van der Waals surface area contributed by atoms with Crippen LogP contribution >= 0.6 is 11.8 Å². The molecule has 0 aromatic heterocycles. The molecule has 0 spiro atoms. The molecular weight excluding hydrogens is 476 g/mol.